The number of carbonyl (C=O) groups excluding carboxylic acids is 1. The Morgan fingerprint density at radius 1 is 1.13 bits per heavy atom. The molecule has 0 unspecified atom stereocenters. The molecule has 0 saturated carbocycles. The lowest BCUT2D eigenvalue weighted by atomic mass is 10.1. The van der Waals surface area contributed by atoms with Gasteiger partial charge >= 0.3 is 0 Å². The minimum Gasteiger partial charge on any atom is -0.496 e. The van der Waals surface area contributed by atoms with E-state index in [0.29, 0.717) is 18.7 Å². The largest absolute Gasteiger partial charge is 0.496 e. The van der Waals surface area contributed by atoms with Crippen molar-refractivity contribution < 1.29 is 22.3 Å². The molecule has 0 aromatic heterocycles. The second kappa shape index (κ2) is 8.20. The van der Waals surface area contributed by atoms with Crippen LogP contribution in [0.2, 0.25) is 5.02 Å². The second-order valence-electron chi connectivity index (χ2n) is 6.90. The Morgan fingerprint density at radius 2 is 1.90 bits per heavy atom. The summed E-state index contributed by atoms with van der Waals surface area (Å²) in [6.45, 7) is 0.308. The Balaban J connectivity index is 1.71. The van der Waals surface area contributed by atoms with Gasteiger partial charge < -0.3 is 10.1 Å². The van der Waals surface area contributed by atoms with E-state index in [0.717, 1.165) is 11.6 Å². The van der Waals surface area contributed by atoms with Gasteiger partial charge in [-0.15, -0.1) is 0 Å². The first-order chi connectivity index (χ1) is 14.8. The van der Waals surface area contributed by atoms with Gasteiger partial charge in [0.25, 0.3) is 15.9 Å². The van der Waals surface area contributed by atoms with Crippen molar-refractivity contribution in [3.63, 3.8) is 0 Å². The van der Waals surface area contributed by atoms with Crippen molar-refractivity contribution in [2.45, 2.75) is 11.3 Å². The third kappa shape index (κ3) is 3.96. The van der Waals surface area contributed by atoms with Crippen LogP contribution >= 0.6 is 11.6 Å². The van der Waals surface area contributed by atoms with Gasteiger partial charge in [-0.05, 0) is 54.4 Å². The Labute approximate surface area is 184 Å². The zero-order chi connectivity index (χ0) is 22.2. The summed E-state index contributed by atoms with van der Waals surface area (Å²) in [6, 6.07) is 15.0. The predicted octanol–water partition coefficient (Wildman–Crippen LogP) is 4.49. The number of ether oxygens (including phenoxy) is 1. The van der Waals surface area contributed by atoms with E-state index in [-0.39, 0.29) is 26.9 Å². The maximum Gasteiger partial charge on any atom is 0.264 e. The van der Waals surface area contributed by atoms with Crippen molar-refractivity contribution in [1.82, 2.24) is 0 Å². The summed E-state index contributed by atoms with van der Waals surface area (Å²) in [7, 11) is -2.56. The lowest BCUT2D eigenvalue weighted by Gasteiger charge is -2.20. The third-order valence-corrected chi connectivity index (χ3v) is 7.07. The van der Waals surface area contributed by atoms with Gasteiger partial charge in [-0.1, -0.05) is 29.8 Å². The SMILES string of the molecule is COc1ccc(S(=O)(=O)N2CCc3ccccc32)cc1C(=O)Nc1cc(Cl)ccc1F. The van der Waals surface area contributed by atoms with E-state index in [4.69, 9.17) is 16.3 Å². The van der Waals surface area contributed by atoms with Crippen molar-refractivity contribution in [3.8, 4) is 5.75 Å². The van der Waals surface area contributed by atoms with Crippen molar-refractivity contribution in [2.24, 2.45) is 0 Å². The number of halogens is 2. The van der Waals surface area contributed by atoms with E-state index in [2.05, 4.69) is 5.32 Å². The zero-order valence-corrected chi connectivity index (χ0v) is 18.0. The fraction of sp³-hybridized carbons (Fsp3) is 0.136. The number of carbonyl (C=O) groups is 1. The number of sulfonamides is 1. The number of hydrogen-bond acceptors (Lipinski definition) is 4. The molecule has 0 spiro atoms. The summed E-state index contributed by atoms with van der Waals surface area (Å²) in [6.07, 6.45) is 0.604. The molecule has 31 heavy (non-hydrogen) atoms. The van der Waals surface area contributed by atoms with Gasteiger partial charge in [0.2, 0.25) is 0 Å². The maximum absolute atomic E-state index is 14.0. The summed E-state index contributed by atoms with van der Waals surface area (Å²) in [5.74, 6) is -1.24. The molecule has 9 heteroatoms. The molecule has 1 heterocycles. The summed E-state index contributed by atoms with van der Waals surface area (Å²) in [5, 5.41) is 2.66. The van der Waals surface area contributed by atoms with E-state index in [1.807, 2.05) is 12.1 Å². The van der Waals surface area contributed by atoms with Crippen LogP contribution in [0.1, 0.15) is 15.9 Å². The number of benzene rings is 3. The molecule has 4 rings (SSSR count). The van der Waals surface area contributed by atoms with E-state index < -0.39 is 21.7 Å². The van der Waals surface area contributed by atoms with E-state index in [1.165, 1.54) is 41.7 Å². The first-order valence-corrected chi connectivity index (χ1v) is 11.2. The van der Waals surface area contributed by atoms with Gasteiger partial charge in [-0.3, -0.25) is 9.10 Å². The molecule has 6 nitrogen and oxygen atoms in total. The number of amides is 1. The van der Waals surface area contributed by atoms with E-state index >= 15 is 0 Å². The molecule has 0 saturated heterocycles. The summed E-state index contributed by atoms with van der Waals surface area (Å²) in [5.41, 5.74) is 1.39. The third-order valence-electron chi connectivity index (χ3n) is 5.02. The first-order valence-electron chi connectivity index (χ1n) is 9.36. The average Bonchev–Trinajstić information content (AvgIpc) is 3.21. The molecule has 160 valence electrons. The number of methoxy groups -OCH3 is 1. The molecule has 0 atom stereocenters. The lowest BCUT2D eigenvalue weighted by Crippen LogP contribution is -2.29. The van der Waals surface area contributed by atoms with Crippen LogP contribution < -0.4 is 14.4 Å². The fourth-order valence-electron chi connectivity index (χ4n) is 3.49. The van der Waals surface area contributed by atoms with Crippen LogP contribution in [0.4, 0.5) is 15.8 Å². The number of fused-ring (bicyclic) bond motifs is 1. The highest BCUT2D eigenvalue weighted by Gasteiger charge is 2.31. The average molecular weight is 461 g/mol. The van der Waals surface area contributed by atoms with Gasteiger partial charge in [0.05, 0.1) is 28.9 Å². The Morgan fingerprint density at radius 3 is 2.68 bits per heavy atom. The smallest absolute Gasteiger partial charge is 0.264 e. The topological polar surface area (TPSA) is 75.7 Å². The quantitative estimate of drug-likeness (QED) is 0.608. The predicted molar refractivity (Wildman–Crippen MR) is 117 cm³/mol. The molecular weight excluding hydrogens is 443 g/mol. The first kappa shape index (κ1) is 21.1. The molecule has 3 aromatic carbocycles. The number of hydrogen-bond donors (Lipinski definition) is 1. The molecule has 1 amide bonds. The monoisotopic (exact) mass is 460 g/mol. The fourth-order valence-corrected chi connectivity index (χ4v) is 5.19. The minimum atomic E-state index is -3.92. The van der Waals surface area contributed by atoms with Gasteiger partial charge in [0, 0.05) is 11.6 Å². The van der Waals surface area contributed by atoms with Crippen LogP contribution in [0.25, 0.3) is 0 Å². The Kier molecular flexibility index (Phi) is 5.60. The Hall–Kier alpha value is -3.10. The Bertz CT molecular complexity index is 1280. The van der Waals surface area contributed by atoms with E-state index in [9.17, 15) is 17.6 Å². The standard InChI is InChI=1S/C22H18ClFN2O4S/c1-30-21-9-7-16(31(28,29)26-11-10-14-4-2-3-5-20(14)26)13-17(21)22(27)25-19-12-15(23)6-8-18(19)24/h2-9,12-13H,10-11H2,1H3,(H,25,27). The number of anilines is 2. The van der Waals surface area contributed by atoms with Crippen LogP contribution in [0, 0.1) is 5.82 Å². The lowest BCUT2D eigenvalue weighted by molar-refractivity contribution is 0.102. The van der Waals surface area contributed by atoms with Crippen LogP contribution in [0.15, 0.2) is 65.6 Å². The number of nitrogens with zero attached hydrogens (tertiary/aromatic N) is 1. The maximum atomic E-state index is 14.0. The molecule has 0 bridgehead atoms. The van der Waals surface area contributed by atoms with Gasteiger partial charge in [0.1, 0.15) is 11.6 Å². The number of nitrogens with one attached hydrogen (secondary N) is 1. The molecule has 1 N–H and O–H groups in total. The summed E-state index contributed by atoms with van der Waals surface area (Å²) < 4.78 is 47.2. The number of para-hydroxylation sites is 1. The van der Waals surface area contributed by atoms with E-state index in [1.54, 1.807) is 12.1 Å². The van der Waals surface area contributed by atoms with Gasteiger partial charge in [-0.25, -0.2) is 12.8 Å². The van der Waals surface area contributed by atoms with Gasteiger partial charge in [-0.2, -0.15) is 0 Å². The molecule has 1 aliphatic rings. The highest BCUT2D eigenvalue weighted by molar-refractivity contribution is 7.92. The minimum absolute atomic E-state index is 0.0459. The molecule has 1 aliphatic heterocycles. The highest BCUT2D eigenvalue weighted by Crippen LogP contribution is 2.34. The molecule has 3 aromatic rings. The molecular formula is C22H18ClFN2O4S. The summed E-state index contributed by atoms with van der Waals surface area (Å²) >= 11 is 5.88. The molecule has 0 fully saturated rings. The van der Waals surface area contributed by atoms with Crippen LogP contribution in [-0.2, 0) is 16.4 Å². The summed E-state index contributed by atoms with van der Waals surface area (Å²) in [4.78, 5) is 12.8. The van der Waals surface area contributed by atoms with Gasteiger partial charge in [0.15, 0.2) is 0 Å². The van der Waals surface area contributed by atoms with Crippen LogP contribution in [0.3, 0.4) is 0 Å². The molecule has 0 radical (unpaired) electrons. The second-order valence-corrected chi connectivity index (χ2v) is 9.20. The molecule has 0 aliphatic carbocycles. The van der Waals surface area contributed by atoms with Crippen molar-refractivity contribution in [1.29, 1.82) is 0 Å². The zero-order valence-electron chi connectivity index (χ0n) is 16.4. The van der Waals surface area contributed by atoms with Crippen molar-refractivity contribution >= 4 is 38.9 Å². The van der Waals surface area contributed by atoms with Crippen molar-refractivity contribution in [3.05, 3.63) is 82.6 Å². The normalized spacial score (nSPS) is 13.1. The van der Waals surface area contributed by atoms with Crippen LogP contribution in [0.5, 0.6) is 5.75 Å². The van der Waals surface area contributed by atoms with Crippen LogP contribution in [-0.4, -0.2) is 28.0 Å². The van der Waals surface area contributed by atoms with Crippen molar-refractivity contribution in [2.75, 3.05) is 23.3 Å². The highest BCUT2D eigenvalue weighted by atomic mass is 35.5. The number of rotatable bonds is 5.